The summed E-state index contributed by atoms with van der Waals surface area (Å²) < 4.78 is 1.56. The Morgan fingerprint density at radius 2 is 2.12 bits per heavy atom. The Balaban J connectivity index is 2.53. The third-order valence-corrected chi connectivity index (χ3v) is 2.17. The summed E-state index contributed by atoms with van der Waals surface area (Å²) in [5.41, 5.74) is 2.24. The van der Waals surface area contributed by atoms with E-state index < -0.39 is 4.92 Å². The van der Waals surface area contributed by atoms with Crippen LogP contribution < -0.4 is 0 Å². The van der Waals surface area contributed by atoms with Gasteiger partial charge in [-0.2, -0.15) is 0 Å². The SMILES string of the molecule is Cc1cc(-c2cn(C)nn2)cc([N+](=O)[O-])c1. The van der Waals surface area contributed by atoms with Gasteiger partial charge in [0.1, 0.15) is 5.69 Å². The maximum absolute atomic E-state index is 10.7. The lowest BCUT2D eigenvalue weighted by atomic mass is 10.1. The van der Waals surface area contributed by atoms with Crippen LogP contribution in [0.2, 0.25) is 0 Å². The lowest BCUT2D eigenvalue weighted by molar-refractivity contribution is -0.384. The number of nitro groups is 1. The van der Waals surface area contributed by atoms with Crippen molar-refractivity contribution in [3.05, 3.63) is 40.1 Å². The first-order valence-electron chi connectivity index (χ1n) is 4.69. The molecule has 1 heterocycles. The smallest absolute Gasteiger partial charge is 0.258 e. The van der Waals surface area contributed by atoms with Crippen LogP contribution in [-0.2, 0) is 7.05 Å². The minimum absolute atomic E-state index is 0.0700. The fourth-order valence-electron chi connectivity index (χ4n) is 1.50. The molecule has 1 aromatic carbocycles. The van der Waals surface area contributed by atoms with Gasteiger partial charge in [-0.1, -0.05) is 5.21 Å². The van der Waals surface area contributed by atoms with Crippen molar-refractivity contribution in [2.45, 2.75) is 6.92 Å². The zero-order valence-corrected chi connectivity index (χ0v) is 8.91. The van der Waals surface area contributed by atoms with Crippen molar-refractivity contribution in [1.29, 1.82) is 0 Å². The van der Waals surface area contributed by atoms with E-state index in [1.54, 1.807) is 17.9 Å². The molecule has 0 bridgehead atoms. The van der Waals surface area contributed by atoms with Crippen LogP contribution in [0.25, 0.3) is 11.3 Å². The van der Waals surface area contributed by atoms with Gasteiger partial charge >= 0.3 is 0 Å². The highest BCUT2D eigenvalue weighted by atomic mass is 16.6. The molecular formula is C10H10N4O2. The Bertz CT molecular complexity index is 548. The Morgan fingerprint density at radius 3 is 2.69 bits per heavy atom. The van der Waals surface area contributed by atoms with Crippen LogP contribution in [0.5, 0.6) is 0 Å². The number of nitro benzene ring substituents is 1. The predicted molar refractivity (Wildman–Crippen MR) is 57.8 cm³/mol. The summed E-state index contributed by atoms with van der Waals surface area (Å²) in [6, 6.07) is 4.87. The van der Waals surface area contributed by atoms with Gasteiger partial charge in [0.15, 0.2) is 0 Å². The van der Waals surface area contributed by atoms with Gasteiger partial charge in [-0.05, 0) is 18.6 Å². The quantitative estimate of drug-likeness (QED) is 0.568. The molecule has 0 aliphatic carbocycles. The fourth-order valence-corrected chi connectivity index (χ4v) is 1.50. The van der Waals surface area contributed by atoms with Crippen molar-refractivity contribution >= 4 is 5.69 Å². The summed E-state index contributed by atoms with van der Waals surface area (Å²) >= 11 is 0. The van der Waals surface area contributed by atoms with Crippen LogP contribution >= 0.6 is 0 Å². The first-order valence-corrected chi connectivity index (χ1v) is 4.69. The maximum Gasteiger partial charge on any atom is 0.270 e. The van der Waals surface area contributed by atoms with Crippen LogP contribution in [0.15, 0.2) is 24.4 Å². The van der Waals surface area contributed by atoms with Crippen LogP contribution in [0, 0.1) is 17.0 Å². The first-order chi connectivity index (χ1) is 7.56. The minimum atomic E-state index is -0.410. The van der Waals surface area contributed by atoms with E-state index in [1.807, 2.05) is 13.0 Å². The normalized spacial score (nSPS) is 10.4. The number of aryl methyl sites for hydroxylation is 2. The molecule has 0 radical (unpaired) electrons. The third-order valence-electron chi connectivity index (χ3n) is 2.17. The molecule has 0 fully saturated rings. The largest absolute Gasteiger partial charge is 0.270 e. The molecule has 0 saturated carbocycles. The van der Waals surface area contributed by atoms with E-state index in [2.05, 4.69) is 10.3 Å². The molecule has 2 aromatic rings. The molecule has 0 aliphatic rings. The molecule has 0 spiro atoms. The van der Waals surface area contributed by atoms with E-state index >= 15 is 0 Å². The Kier molecular flexibility index (Phi) is 2.40. The van der Waals surface area contributed by atoms with Crippen molar-refractivity contribution in [3.63, 3.8) is 0 Å². The summed E-state index contributed by atoms with van der Waals surface area (Å²) in [7, 11) is 1.75. The first kappa shape index (κ1) is 10.3. The van der Waals surface area contributed by atoms with Gasteiger partial charge in [0.2, 0.25) is 0 Å². The van der Waals surface area contributed by atoms with E-state index in [4.69, 9.17) is 0 Å². The second-order valence-electron chi connectivity index (χ2n) is 3.59. The van der Waals surface area contributed by atoms with Crippen LogP contribution in [-0.4, -0.2) is 19.9 Å². The molecule has 0 amide bonds. The summed E-state index contributed by atoms with van der Waals surface area (Å²) in [5.74, 6) is 0. The number of benzene rings is 1. The van der Waals surface area contributed by atoms with Crippen molar-refractivity contribution in [2.75, 3.05) is 0 Å². The van der Waals surface area contributed by atoms with E-state index in [-0.39, 0.29) is 5.69 Å². The second kappa shape index (κ2) is 3.73. The third kappa shape index (κ3) is 1.90. The van der Waals surface area contributed by atoms with E-state index in [9.17, 15) is 10.1 Å². The molecule has 0 aliphatic heterocycles. The molecule has 0 atom stereocenters. The summed E-state index contributed by atoms with van der Waals surface area (Å²) in [6.07, 6.45) is 1.72. The number of aromatic nitrogens is 3. The predicted octanol–water partition coefficient (Wildman–Crippen LogP) is 1.70. The van der Waals surface area contributed by atoms with Crippen molar-refractivity contribution in [1.82, 2.24) is 15.0 Å². The fraction of sp³-hybridized carbons (Fsp3) is 0.200. The van der Waals surface area contributed by atoms with Gasteiger partial charge in [-0.15, -0.1) is 5.10 Å². The van der Waals surface area contributed by atoms with Gasteiger partial charge in [0.05, 0.1) is 11.1 Å². The van der Waals surface area contributed by atoms with Crippen LogP contribution in [0.3, 0.4) is 0 Å². The average Bonchev–Trinajstić information content (AvgIpc) is 2.64. The number of non-ortho nitro benzene ring substituents is 1. The molecule has 1 aromatic heterocycles. The number of hydrogen-bond acceptors (Lipinski definition) is 4. The molecule has 0 saturated heterocycles. The molecule has 82 valence electrons. The summed E-state index contributed by atoms with van der Waals surface area (Å²) in [6.45, 7) is 1.81. The van der Waals surface area contributed by atoms with Gasteiger partial charge in [-0.3, -0.25) is 14.8 Å². The highest BCUT2D eigenvalue weighted by Crippen LogP contribution is 2.23. The van der Waals surface area contributed by atoms with E-state index in [1.165, 1.54) is 12.1 Å². The number of hydrogen-bond donors (Lipinski definition) is 0. The molecule has 6 heteroatoms. The number of nitrogens with zero attached hydrogens (tertiary/aromatic N) is 4. The van der Waals surface area contributed by atoms with Crippen LogP contribution in [0.4, 0.5) is 5.69 Å². The summed E-state index contributed by atoms with van der Waals surface area (Å²) in [4.78, 5) is 10.3. The van der Waals surface area contributed by atoms with Crippen molar-refractivity contribution < 1.29 is 4.92 Å². The van der Waals surface area contributed by atoms with Crippen molar-refractivity contribution in [3.8, 4) is 11.3 Å². The van der Waals surface area contributed by atoms with Crippen LogP contribution in [0.1, 0.15) is 5.56 Å². The Hall–Kier alpha value is -2.24. The highest BCUT2D eigenvalue weighted by molar-refractivity contribution is 5.62. The zero-order valence-electron chi connectivity index (χ0n) is 8.91. The lowest BCUT2D eigenvalue weighted by Crippen LogP contribution is -1.90. The standard InChI is InChI=1S/C10H10N4O2/c1-7-3-8(5-9(4-7)14(15)16)10-6-13(2)12-11-10/h3-6H,1-2H3. The molecule has 6 nitrogen and oxygen atoms in total. The molecule has 16 heavy (non-hydrogen) atoms. The Morgan fingerprint density at radius 1 is 1.38 bits per heavy atom. The monoisotopic (exact) mass is 218 g/mol. The van der Waals surface area contributed by atoms with Gasteiger partial charge < -0.3 is 0 Å². The van der Waals surface area contributed by atoms with E-state index in [0.717, 1.165) is 5.56 Å². The van der Waals surface area contributed by atoms with Gasteiger partial charge in [0, 0.05) is 24.7 Å². The lowest BCUT2D eigenvalue weighted by Gasteiger charge is -1.99. The molecule has 0 unspecified atom stereocenters. The van der Waals surface area contributed by atoms with E-state index in [0.29, 0.717) is 11.3 Å². The van der Waals surface area contributed by atoms with Gasteiger partial charge in [0.25, 0.3) is 5.69 Å². The molecule has 0 N–H and O–H groups in total. The molecular weight excluding hydrogens is 208 g/mol. The second-order valence-corrected chi connectivity index (χ2v) is 3.59. The number of rotatable bonds is 2. The minimum Gasteiger partial charge on any atom is -0.258 e. The highest BCUT2D eigenvalue weighted by Gasteiger charge is 2.11. The zero-order chi connectivity index (χ0) is 11.7. The molecule has 2 rings (SSSR count). The topological polar surface area (TPSA) is 73.8 Å². The average molecular weight is 218 g/mol. The van der Waals surface area contributed by atoms with Gasteiger partial charge in [-0.25, -0.2) is 0 Å². The summed E-state index contributed by atoms with van der Waals surface area (Å²) in [5, 5.41) is 18.4. The Labute approximate surface area is 91.7 Å². The van der Waals surface area contributed by atoms with Crippen molar-refractivity contribution in [2.24, 2.45) is 7.05 Å². The maximum atomic E-state index is 10.7.